The Morgan fingerprint density at radius 2 is 1.67 bits per heavy atom. The minimum atomic E-state index is -4.91. The SMILES string of the molecule is O=S1(=O)Nc2nc(c(-c3cccc(OC(F)(F)F)n3)s2)-c2ccccc2CCCCCCNc2cccc1n2. The van der Waals surface area contributed by atoms with Gasteiger partial charge in [0.2, 0.25) is 5.88 Å². The number of sulfonamides is 1. The van der Waals surface area contributed by atoms with Gasteiger partial charge < -0.3 is 10.1 Å². The van der Waals surface area contributed by atoms with E-state index < -0.39 is 22.3 Å². The first-order valence-electron chi connectivity index (χ1n) is 12.2. The van der Waals surface area contributed by atoms with Crippen LogP contribution >= 0.6 is 11.3 Å². The Kier molecular flexibility index (Phi) is 7.71. The number of fused-ring (bicyclic) bond motifs is 6. The van der Waals surface area contributed by atoms with E-state index in [1.165, 1.54) is 18.2 Å². The molecule has 2 N–H and O–H groups in total. The van der Waals surface area contributed by atoms with Gasteiger partial charge >= 0.3 is 6.36 Å². The van der Waals surface area contributed by atoms with Gasteiger partial charge in [-0.2, -0.15) is 8.42 Å². The average molecular weight is 576 g/mol. The fourth-order valence-electron chi connectivity index (χ4n) is 4.25. The van der Waals surface area contributed by atoms with Crippen molar-refractivity contribution < 1.29 is 26.3 Å². The molecular formula is C26H24F3N5O3S2. The predicted octanol–water partition coefficient (Wildman–Crippen LogP) is 6.49. The molecule has 1 aromatic carbocycles. The molecule has 0 radical (unpaired) electrons. The van der Waals surface area contributed by atoms with Gasteiger partial charge in [0.05, 0.1) is 16.3 Å². The van der Waals surface area contributed by atoms with Crippen molar-refractivity contribution in [3.8, 4) is 27.7 Å². The summed E-state index contributed by atoms with van der Waals surface area (Å²) in [4.78, 5) is 13.3. The van der Waals surface area contributed by atoms with E-state index in [2.05, 4.69) is 29.7 Å². The van der Waals surface area contributed by atoms with Crippen molar-refractivity contribution in [2.24, 2.45) is 0 Å². The number of nitrogens with one attached hydrogen (secondary N) is 2. The monoisotopic (exact) mass is 575 g/mol. The zero-order chi connectivity index (χ0) is 27.5. The molecule has 0 fully saturated rings. The Bertz CT molecular complexity index is 1580. The number of nitrogens with zero attached hydrogens (tertiary/aromatic N) is 3. The van der Waals surface area contributed by atoms with E-state index in [0.29, 0.717) is 22.9 Å². The zero-order valence-electron chi connectivity index (χ0n) is 20.5. The predicted molar refractivity (Wildman–Crippen MR) is 143 cm³/mol. The van der Waals surface area contributed by atoms with Gasteiger partial charge in [0.1, 0.15) is 5.82 Å². The second-order valence-corrected chi connectivity index (χ2v) is 11.4. The third kappa shape index (κ3) is 6.66. The van der Waals surface area contributed by atoms with Crippen LogP contribution in [0, 0.1) is 0 Å². The molecule has 0 atom stereocenters. The molecule has 0 aliphatic carbocycles. The molecule has 0 spiro atoms. The van der Waals surface area contributed by atoms with Gasteiger partial charge in [0, 0.05) is 18.2 Å². The zero-order valence-corrected chi connectivity index (χ0v) is 22.2. The molecule has 1 aliphatic heterocycles. The average Bonchev–Trinajstić information content (AvgIpc) is 3.30. The molecule has 0 unspecified atom stereocenters. The first-order chi connectivity index (χ1) is 18.7. The molecular weight excluding hydrogens is 551 g/mol. The normalized spacial score (nSPS) is 15.8. The Hall–Kier alpha value is -3.71. The van der Waals surface area contributed by atoms with Crippen molar-refractivity contribution in [1.82, 2.24) is 15.0 Å². The smallest absolute Gasteiger partial charge is 0.388 e. The van der Waals surface area contributed by atoms with Gasteiger partial charge in [-0.1, -0.05) is 60.6 Å². The Labute approximate surface area is 227 Å². The second-order valence-electron chi connectivity index (χ2n) is 8.82. The summed E-state index contributed by atoms with van der Waals surface area (Å²) in [6, 6.07) is 16.3. The maximum atomic E-state index is 13.2. The van der Waals surface area contributed by atoms with E-state index in [-0.39, 0.29) is 15.9 Å². The molecule has 0 amide bonds. The standard InChI is InChI=1S/C26H24F3N5O3S2/c27-26(28,29)37-21-14-7-12-19(31-21)24-23-18-11-5-4-10-17(18)9-3-1-2-6-16-30-20-13-8-15-22(32-20)39(35,36)34-25(33-23)38-24/h4-5,7-8,10-15H,1-3,6,9,16H2,(H,30,32)(H,33,34). The molecule has 13 heteroatoms. The van der Waals surface area contributed by atoms with E-state index in [4.69, 9.17) is 0 Å². The molecule has 4 bridgehead atoms. The first-order valence-corrected chi connectivity index (χ1v) is 14.5. The van der Waals surface area contributed by atoms with Crippen LogP contribution in [0.5, 0.6) is 5.88 Å². The number of halogens is 3. The van der Waals surface area contributed by atoms with Crippen molar-refractivity contribution >= 4 is 32.3 Å². The molecule has 5 rings (SSSR count). The molecule has 4 aromatic rings. The summed E-state index contributed by atoms with van der Waals surface area (Å²) in [6.07, 6.45) is -0.344. The van der Waals surface area contributed by atoms with Gasteiger partial charge in [-0.15, -0.1) is 13.2 Å². The Morgan fingerprint density at radius 3 is 2.51 bits per heavy atom. The van der Waals surface area contributed by atoms with Crippen molar-refractivity contribution in [2.45, 2.75) is 43.5 Å². The lowest BCUT2D eigenvalue weighted by molar-refractivity contribution is -0.276. The number of ether oxygens (including phenoxy) is 1. The topological polar surface area (TPSA) is 106 Å². The van der Waals surface area contributed by atoms with Crippen LogP contribution in [-0.4, -0.2) is 36.3 Å². The number of aryl methyl sites for hydroxylation is 1. The van der Waals surface area contributed by atoms with Gasteiger partial charge in [-0.25, -0.2) is 15.0 Å². The van der Waals surface area contributed by atoms with Crippen molar-refractivity contribution in [2.75, 3.05) is 16.6 Å². The van der Waals surface area contributed by atoms with E-state index in [9.17, 15) is 21.6 Å². The lowest BCUT2D eigenvalue weighted by Gasteiger charge is -2.11. The van der Waals surface area contributed by atoms with Crippen LogP contribution < -0.4 is 14.8 Å². The summed E-state index contributed by atoms with van der Waals surface area (Å²) in [5.74, 6) is -0.182. The highest BCUT2D eigenvalue weighted by Crippen LogP contribution is 2.41. The number of thiazole rings is 1. The summed E-state index contributed by atoms with van der Waals surface area (Å²) in [5.41, 5.74) is 2.34. The fourth-order valence-corrected chi connectivity index (χ4v) is 6.40. The van der Waals surface area contributed by atoms with Crippen LogP contribution in [0.15, 0.2) is 65.7 Å². The molecule has 0 saturated carbocycles. The fraction of sp³-hybridized carbons (Fsp3) is 0.269. The van der Waals surface area contributed by atoms with Gasteiger partial charge in [0.25, 0.3) is 10.0 Å². The lowest BCUT2D eigenvalue weighted by atomic mass is 9.98. The maximum Gasteiger partial charge on any atom is 0.574 e. The highest BCUT2D eigenvalue weighted by atomic mass is 32.2. The Balaban J connectivity index is 1.63. The van der Waals surface area contributed by atoms with E-state index in [1.807, 2.05) is 24.3 Å². The van der Waals surface area contributed by atoms with Gasteiger partial charge in [-0.05, 0) is 43.0 Å². The summed E-state index contributed by atoms with van der Waals surface area (Å²) in [7, 11) is -4.12. The summed E-state index contributed by atoms with van der Waals surface area (Å²) >= 11 is 0.970. The van der Waals surface area contributed by atoms with Crippen molar-refractivity contribution in [1.29, 1.82) is 0 Å². The molecule has 204 valence electrons. The quantitative estimate of drug-likeness (QED) is 0.281. The van der Waals surface area contributed by atoms with E-state index in [1.54, 1.807) is 12.1 Å². The number of aromatic nitrogens is 3. The van der Waals surface area contributed by atoms with Crippen molar-refractivity contribution in [3.05, 3.63) is 66.2 Å². The number of benzene rings is 1. The molecule has 39 heavy (non-hydrogen) atoms. The second kappa shape index (κ2) is 11.2. The van der Waals surface area contributed by atoms with Crippen LogP contribution in [-0.2, 0) is 16.4 Å². The largest absolute Gasteiger partial charge is 0.574 e. The highest BCUT2D eigenvalue weighted by Gasteiger charge is 2.32. The molecule has 1 aliphatic rings. The molecule has 3 aromatic heterocycles. The number of rotatable bonds is 2. The minimum Gasteiger partial charge on any atom is -0.388 e. The third-order valence-corrected chi connectivity index (χ3v) is 8.34. The van der Waals surface area contributed by atoms with Crippen LogP contribution in [0.4, 0.5) is 24.1 Å². The minimum absolute atomic E-state index is 0.0308. The number of anilines is 2. The van der Waals surface area contributed by atoms with Gasteiger partial charge in [-0.3, -0.25) is 4.72 Å². The van der Waals surface area contributed by atoms with Crippen LogP contribution in [0.2, 0.25) is 0 Å². The van der Waals surface area contributed by atoms with Gasteiger partial charge in [0.15, 0.2) is 10.2 Å². The first kappa shape index (κ1) is 26.9. The number of hydrogen-bond acceptors (Lipinski definition) is 8. The summed E-state index contributed by atoms with van der Waals surface area (Å²) in [6.45, 7) is 0.670. The van der Waals surface area contributed by atoms with E-state index in [0.717, 1.165) is 60.6 Å². The number of hydrogen-bond donors (Lipinski definition) is 2. The van der Waals surface area contributed by atoms with E-state index >= 15 is 0 Å². The summed E-state index contributed by atoms with van der Waals surface area (Å²) in [5, 5.41) is 3.01. The number of alkyl halides is 3. The maximum absolute atomic E-state index is 13.2. The van der Waals surface area contributed by atoms with Crippen LogP contribution in [0.3, 0.4) is 0 Å². The molecule has 4 heterocycles. The molecule has 0 saturated heterocycles. The van der Waals surface area contributed by atoms with Crippen LogP contribution in [0.1, 0.15) is 31.2 Å². The number of pyridine rings is 2. The lowest BCUT2D eigenvalue weighted by Crippen LogP contribution is -2.17. The third-order valence-electron chi connectivity index (χ3n) is 5.98. The molecule has 8 nitrogen and oxygen atoms in total. The Morgan fingerprint density at radius 1 is 0.872 bits per heavy atom. The highest BCUT2D eigenvalue weighted by molar-refractivity contribution is 7.92. The summed E-state index contributed by atoms with van der Waals surface area (Å²) < 4.78 is 71.6. The van der Waals surface area contributed by atoms with Crippen molar-refractivity contribution in [3.63, 3.8) is 0 Å². The van der Waals surface area contributed by atoms with Crippen LogP contribution in [0.25, 0.3) is 21.8 Å².